The number of benzene rings is 4. The van der Waals surface area contributed by atoms with Crippen molar-refractivity contribution in [1.29, 1.82) is 0 Å². The first kappa shape index (κ1) is 22.3. The van der Waals surface area contributed by atoms with Crippen LogP contribution in [0.1, 0.15) is 10.6 Å². The summed E-state index contributed by atoms with van der Waals surface area (Å²) in [5.74, 6) is 0.874. The number of hydrogen-bond donors (Lipinski definition) is 1. The molecule has 1 aromatic heterocycles. The van der Waals surface area contributed by atoms with E-state index in [2.05, 4.69) is 15.4 Å². The van der Waals surface area contributed by atoms with E-state index >= 15 is 0 Å². The molecule has 0 saturated carbocycles. The fraction of sp³-hybridized carbons (Fsp3) is 0. The van der Waals surface area contributed by atoms with Crippen LogP contribution in [0.3, 0.4) is 0 Å². The zero-order valence-corrected chi connectivity index (χ0v) is 19.0. The van der Waals surface area contributed by atoms with Crippen LogP contribution in [0.2, 0.25) is 5.02 Å². The number of halogens is 2. The number of hydrogen-bond acceptors (Lipinski definition) is 4. The van der Waals surface area contributed by atoms with E-state index < -0.39 is 5.91 Å². The minimum atomic E-state index is -0.488. The van der Waals surface area contributed by atoms with Gasteiger partial charge >= 0.3 is 0 Å². The van der Waals surface area contributed by atoms with Crippen molar-refractivity contribution in [2.24, 2.45) is 0 Å². The van der Waals surface area contributed by atoms with E-state index in [-0.39, 0.29) is 11.6 Å². The molecule has 1 amide bonds. The number of carbonyl (C=O) groups excluding carboxylic acids is 1. The van der Waals surface area contributed by atoms with Crippen LogP contribution in [0.15, 0.2) is 103 Å². The monoisotopic (exact) mass is 484 g/mol. The molecule has 5 aromatic rings. The van der Waals surface area contributed by atoms with Crippen LogP contribution in [0.25, 0.3) is 17.1 Å². The van der Waals surface area contributed by atoms with Crippen molar-refractivity contribution in [1.82, 2.24) is 14.8 Å². The lowest BCUT2D eigenvalue weighted by Gasteiger charge is -2.07. The number of carbonyl (C=O) groups is 1. The molecule has 6 nitrogen and oxygen atoms in total. The Morgan fingerprint density at radius 1 is 0.829 bits per heavy atom. The molecule has 35 heavy (non-hydrogen) atoms. The number of aromatic nitrogens is 3. The molecule has 0 saturated heterocycles. The highest BCUT2D eigenvalue weighted by atomic mass is 35.5. The molecule has 0 unspecified atom stereocenters. The maximum atomic E-state index is 13.5. The maximum Gasteiger partial charge on any atom is 0.295 e. The molecule has 0 bridgehead atoms. The lowest BCUT2D eigenvalue weighted by Crippen LogP contribution is -2.14. The van der Waals surface area contributed by atoms with Crippen molar-refractivity contribution in [3.8, 4) is 28.6 Å². The summed E-state index contributed by atoms with van der Waals surface area (Å²) < 4.78 is 20.7. The fourth-order valence-electron chi connectivity index (χ4n) is 3.37. The Kier molecular flexibility index (Phi) is 6.24. The van der Waals surface area contributed by atoms with Crippen LogP contribution < -0.4 is 10.1 Å². The van der Waals surface area contributed by atoms with Gasteiger partial charge in [0.1, 0.15) is 17.3 Å². The van der Waals surface area contributed by atoms with Gasteiger partial charge in [-0.05, 0) is 84.9 Å². The van der Waals surface area contributed by atoms with Gasteiger partial charge in [0.15, 0.2) is 5.82 Å². The predicted molar refractivity (Wildman–Crippen MR) is 133 cm³/mol. The van der Waals surface area contributed by atoms with Gasteiger partial charge in [-0.25, -0.2) is 14.1 Å². The average molecular weight is 485 g/mol. The molecular formula is C27H18ClFN4O2. The van der Waals surface area contributed by atoms with Crippen molar-refractivity contribution in [2.45, 2.75) is 0 Å². The third-order valence-corrected chi connectivity index (χ3v) is 5.33. The third kappa shape index (κ3) is 5.20. The first-order valence-corrected chi connectivity index (χ1v) is 11.1. The molecule has 0 fully saturated rings. The second-order valence-corrected chi connectivity index (χ2v) is 7.98. The molecular weight excluding hydrogens is 467 g/mol. The summed E-state index contributed by atoms with van der Waals surface area (Å²) in [6.07, 6.45) is 0. The average Bonchev–Trinajstić information content (AvgIpc) is 3.32. The van der Waals surface area contributed by atoms with Crippen LogP contribution in [-0.4, -0.2) is 20.7 Å². The Balaban J connectivity index is 1.40. The van der Waals surface area contributed by atoms with Crippen LogP contribution >= 0.6 is 11.6 Å². The van der Waals surface area contributed by atoms with Crippen molar-refractivity contribution < 1.29 is 13.9 Å². The SMILES string of the molecule is O=C(Nc1ccc(Oc2ccccc2)cc1)c1nc(-c2ccc(Cl)cc2)n(-c2ccc(F)cc2)n1. The van der Waals surface area contributed by atoms with E-state index in [1.54, 1.807) is 60.7 Å². The van der Waals surface area contributed by atoms with Crippen molar-refractivity contribution in [2.75, 3.05) is 5.32 Å². The van der Waals surface area contributed by atoms with Gasteiger partial charge in [0, 0.05) is 16.3 Å². The summed E-state index contributed by atoms with van der Waals surface area (Å²) >= 11 is 6.02. The Morgan fingerprint density at radius 3 is 2.17 bits per heavy atom. The maximum absolute atomic E-state index is 13.5. The second-order valence-electron chi connectivity index (χ2n) is 7.55. The molecule has 8 heteroatoms. The van der Waals surface area contributed by atoms with E-state index in [1.807, 2.05) is 30.3 Å². The van der Waals surface area contributed by atoms with E-state index in [0.29, 0.717) is 33.5 Å². The topological polar surface area (TPSA) is 69.0 Å². The Morgan fingerprint density at radius 2 is 1.49 bits per heavy atom. The van der Waals surface area contributed by atoms with Gasteiger partial charge < -0.3 is 10.1 Å². The summed E-state index contributed by atoms with van der Waals surface area (Å²) in [7, 11) is 0. The Labute approximate surface area is 205 Å². The van der Waals surface area contributed by atoms with Crippen molar-refractivity contribution in [3.05, 3.63) is 120 Å². The lowest BCUT2D eigenvalue weighted by atomic mass is 10.2. The molecule has 172 valence electrons. The zero-order valence-electron chi connectivity index (χ0n) is 18.2. The number of nitrogens with one attached hydrogen (secondary N) is 1. The number of para-hydroxylation sites is 1. The first-order chi connectivity index (χ1) is 17.0. The quantitative estimate of drug-likeness (QED) is 0.288. The molecule has 0 atom stereocenters. The molecule has 1 N–H and O–H groups in total. The molecule has 4 aromatic carbocycles. The number of amides is 1. The minimum Gasteiger partial charge on any atom is -0.457 e. The van der Waals surface area contributed by atoms with E-state index in [0.717, 1.165) is 5.75 Å². The van der Waals surface area contributed by atoms with E-state index in [9.17, 15) is 9.18 Å². The van der Waals surface area contributed by atoms with Crippen LogP contribution in [0.4, 0.5) is 10.1 Å². The largest absolute Gasteiger partial charge is 0.457 e. The second kappa shape index (κ2) is 9.79. The van der Waals surface area contributed by atoms with Gasteiger partial charge in [0.05, 0.1) is 5.69 Å². The smallest absolute Gasteiger partial charge is 0.295 e. The summed E-state index contributed by atoms with van der Waals surface area (Å²) in [5.41, 5.74) is 1.82. The third-order valence-electron chi connectivity index (χ3n) is 5.07. The molecule has 0 aliphatic rings. The predicted octanol–water partition coefficient (Wildman–Crippen LogP) is 6.77. The van der Waals surface area contributed by atoms with Gasteiger partial charge in [-0.1, -0.05) is 29.8 Å². The molecule has 1 heterocycles. The standard InChI is InChI=1S/C27H18ClFN4O2/c28-19-8-6-18(7-9-19)26-31-25(32-33(26)22-14-10-20(29)11-15-22)27(34)30-21-12-16-24(17-13-21)35-23-4-2-1-3-5-23/h1-17H,(H,30,34). The molecule has 0 aliphatic heterocycles. The highest BCUT2D eigenvalue weighted by molar-refractivity contribution is 6.30. The first-order valence-electron chi connectivity index (χ1n) is 10.7. The fourth-order valence-corrected chi connectivity index (χ4v) is 3.50. The minimum absolute atomic E-state index is 0.0381. The van der Waals surface area contributed by atoms with Gasteiger partial charge in [0.25, 0.3) is 5.91 Å². The molecule has 0 aliphatic carbocycles. The van der Waals surface area contributed by atoms with Crippen LogP contribution in [-0.2, 0) is 0 Å². The van der Waals surface area contributed by atoms with Gasteiger partial charge in [-0.15, -0.1) is 5.10 Å². The van der Waals surface area contributed by atoms with Gasteiger partial charge in [-0.3, -0.25) is 4.79 Å². The summed E-state index contributed by atoms with van der Waals surface area (Å²) in [6, 6.07) is 29.1. The number of nitrogens with zero attached hydrogens (tertiary/aromatic N) is 3. The summed E-state index contributed by atoms with van der Waals surface area (Å²) in [5, 5.41) is 7.76. The lowest BCUT2D eigenvalue weighted by molar-refractivity contribution is 0.101. The Bertz CT molecular complexity index is 1390. The van der Waals surface area contributed by atoms with Crippen molar-refractivity contribution in [3.63, 3.8) is 0 Å². The summed E-state index contributed by atoms with van der Waals surface area (Å²) in [6.45, 7) is 0. The van der Waals surface area contributed by atoms with Gasteiger partial charge in [0.2, 0.25) is 5.82 Å². The molecule has 5 rings (SSSR count). The molecule has 0 spiro atoms. The highest BCUT2D eigenvalue weighted by Crippen LogP contribution is 2.25. The summed E-state index contributed by atoms with van der Waals surface area (Å²) in [4.78, 5) is 17.4. The van der Waals surface area contributed by atoms with Crippen molar-refractivity contribution >= 4 is 23.2 Å². The van der Waals surface area contributed by atoms with Crippen LogP contribution in [0.5, 0.6) is 11.5 Å². The Hall–Kier alpha value is -4.49. The normalized spacial score (nSPS) is 10.7. The van der Waals surface area contributed by atoms with Gasteiger partial charge in [-0.2, -0.15) is 0 Å². The molecule has 0 radical (unpaired) electrons. The number of ether oxygens (including phenoxy) is 1. The van der Waals surface area contributed by atoms with E-state index in [1.165, 1.54) is 16.8 Å². The number of anilines is 1. The zero-order chi connectivity index (χ0) is 24.2. The van der Waals surface area contributed by atoms with Crippen LogP contribution in [0, 0.1) is 5.82 Å². The van der Waals surface area contributed by atoms with E-state index in [4.69, 9.17) is 16.3 Å². The highest BCUT2D eigenvalue weighted by Gasteiger charge is 2.19. The number of rotatable bonds is 6.